The fraction of sp³-hybridized carbons (Fsp3) is 0.154. The van der Waals surface area contributed by atoms with Gasteiger partial charge in [-0.2, -0.15) is 0 Å². The fourth-order valence-corrected chi connectivity index (χ4v) is 1.64. The van der Waals surface area contributed by atoms with Crippen molar-refractivity contribution in [3.63, 3.8) is 0 Å². The molecule has 0 fully saturated rings. The van der Waals surface area contributed by atoms with E-state index in [9.17, 15) is 9.18 Å². The molecule has 0 radical (unpaired) electrons. The zero-order chi connectivity index (χ0) is 13.8. The van der Waals surface area contributed by atoms with Gasteiger partial charge in [-0.3, -0.25) is 9.97 Å². The first-order chi connectivity index (χ1) is 9.08. The molecule has 19 heavy (non-hydrogen) atoms. The van der Waals surface area contributed by atoms with Gasteiger partial charge in [-0.25, -0.2) is 9.18 Å². The highest BCUT2D eigenvalue weighted by Crippen LogP contribution is 2.20. The predicted octanol–water partition coefficient (Wildman–Crippen LogP) is 2.49. The minimum atomic E-state index is -1.30. The van der Waals surface area contributed by atoms with E-state index in [-0.39, 0.29) is 11.6 Å². The Balaban J connectivity index is 2.20. The Hall–Kier alpha value is -2.50. The normalized spacial score (nSPS) is 11.9. The van der Waals surface area contributed by atoms with E-state index >= 15 is 0 Å². The molecule has 0 saturated carbocycles. The molecule has 1 atom stereocenters. The standard InChI is InChI=1S/C13H12FN3O2/c1-8(12-7-15-4-5-16-12)17-9-2-3-11(14)10(6-9)13(18)19/h2-8,17H,1H3,(H,18,19). The smallest absolute Gasteiger partial charge is 0.338 e. The molecule has 1 unspecified atom stereocenters. The molecular weight excluding hydrogens is 249 g/mol. The summed E-state index contributed by atoms with van der Waals surface area (Å²) in [4.78, 5) is 18.9. The van der Waals surface area contributed by atoms with Crippen LogP contribution in [0.4, 0.5) is 10.1 Å². The van der Waals surface area contributed by atoms with Crippen molar-refractivity contribution in [3.05, 3.63) is 53.9 Å². The number of rotatable bonds is 4. The van der Waals surface area contributed by atoms with E-state index in [1.807, 2.05) is 6.92 Å². The van der Waals surface area contributed by atoms with Crippen LogP contribution in [0, 0.1) is 5.82 Å². The lowest BCUT2D eigenvalue weighted by atomic mass is 10.1. The van der Waals surface area contributed by atoms with E-state index in [1.165, 1.54) is 12.1 Å². The second-order valence-electron chi connectivity index (χ2n) is 4.00. The molecule has 2 aromatic rings. The van der Waals surface area contributed by atoms with Crippen molar-refractivity contribution in [2.24, 2.45) is 0 Å². The molecule has 0 amide bonds. The Kier molecular flexibility index (Phi) is 3.70. The van der Waals surface area contributed by atoms with Gasteiger partial charge in [-0.05, 0) is 25.1 Å². The van der Waals surface area contributed by atoms with Crippen molar-refractivity contribution in [3.8, 4) is 0 Å². The number of carboxylic acids is 1. The molecule has 0 bridgehead atoms. The van der Waals surface area contributed by atoms with Crippen molar-refractivity contribution in [1.82, 2.24) is 9.97 Å². The second kappa shape index (κ2) is 5.43. The van der Waals surface area contributed by atoms with Crippen LogP contribution in [-0.2, 0) is 0 Å². The topological polar surface area (TPSA) is 75.1 Å². The van der Waals surface area contributed by atoms with Gasteiger partial charge < -0.3 is 10.4 Å². The van der Waals surface area contributed by atoms with E-state index in [0.29, 0.717) is 11.4 Å². The summed E-state index contributed by atoms with van der Waals surface area (Å²) in [6, 6.07) is 3.69. The van der Waals surface area contributed by atoms with E-state index < -0.39 is 11.8 Å². The van der Waals surface area contributed by atoms with Crippen LogP contribution in [0.1, 0.15) is 29.0 Å². The van der Waals surface area contributed by atoms with Gasteiger partial charge in [0.25, 0.3) is 0 Å². The third kappa shape index (κ3) is 3.04. The van der Waals surface area contributed by atoms with Crippen molar-refractivity contribution in [1.29, 1.82) is 0 Å². The minimum Gasteiger partial charge on any atom is -0.478 e. The van der Waals surface area contributed by atoms with Crippen LogP contribution in [-0.4, -0.2) is 21.0 Å². The van der Waals surface area contributed by atoms with Gasteiger partial charge in [0.1, 0.15) is 5.82 Å². The summed E-state index contributed by atoms with van der Waals surface area (Å²) >= 11 is 0. The van der Waals surface area contributed by atoms with Gasteiger partial charge in [0.05, 0.1) is 23.5 Å². The van der Waals surface area contributed by atoms with Crippen LogP contribution in [0.5, 0.6) is 0 Å². The monoisotopic (exact) mass is 261 g/mol. The van der Waals surface area contributed by atoms with Gasteiger partial charge in [0.2, 0.25) is 0 Å². The molecule has 0 spiro atoms. The molecule has 2 N–H and O–H groups in total. The molecule has 2 rings (SSSR count). The van der Waals surface area contributed by atoms with Crippen LogP contribution in [0.2, 0.25) is 0 Å². The molecule has 0 aliphatic heterocycles. The third-order valence-electron chi connectivity index (χ3n) is 2.61. The predicted molar refractivity (Wildman–Crippen MR) is 67.4 cm³/mol. The molecule has 6 heteroatoms. The van der Waals surface area contributed by atoms with Crippen LogP contribution in [0.3, 0.4) is 0 Å². The summed E-state index contributed by atoms with van der Waals surface area (Å²) in [5.41, 5.74) is 0.858. The average molecular weight is 261 g/mol. The number of carbonyl (C=O) groups is 1. The molecular formula is C13H12FN3O2. The zero-order valence-corrected chi connectivity index (χ0v) is 10.2. The van der Waals surface area contributed by atoms with Crippen LogP contribution >= 0.6 is 0 Å². The molecule has 1 heterocycles. The lowest BCUT2D eigenvalue weighted by Crippen LogP contribution is -2.10. The summed E-state index contributed by atoms with van der Waals surface area (Å²) in [5, 5.41) is 11.9. The van der Waals surface area contributed by atoms with Gasteiger partial charge >= 0.3 is 5.97 Å². The fourth-order valence-electron chi connectivity index (χ4n) is 1.64. The van der Waals surface area contributed by atoms with Crippen molar-refractivity contribution in [2.75, 3.05) is 5.32 Å². The first-order valence-corrected chi connectivity index (χ1v) is 5.63. The highest BCUT2D eigenvalue weighted by molar-refractivity contribution is 5.89. The van der Waals surface area contributed by atoms with Crippen LogP contribution in [0.25, 0.3) is 0 Å². The van der Waals surface area contributed by atoms with E-state index in [4.69, 9.17) is 5.11 Å². The number of aromatic nitrogens is 2. The maximum absolute atomic E-state index is 13.2. The van der Waals surface area contributed by atoms with E-state index in [0.717, 1.165) is 6.07 Å². The molecule has 1 aromatic carbocycles. The van der Waals surface area contributed by atoms with Gasteiger partial charge in [-0.1, -0.05) is 0 Å². The quantitative estimate of drug-likeness (QED) is 0.884. The Labute approximate surface area is 109 Å². The number of benzene rings is 1. The second-order valence-corrected chi connectivity index (χ2v) is 4.00. The summed E-state index contributed by atoms with van der Waals surface area (Å²) in [6.07, 6.45) is 4.75. The Morgan fingerprint density at radius 2 is 2.21 bits per heavy atom. The lowest BCUT2D eigenvalue weighted by Gasteiger charge is -2.14. The number of halogens is 1. The Morgan fingerprint density at radius 1 is 1.42 bits per heavy atom. The number of hydrogen-bond acceptors (Lipinski definition) is 4. The molecule has 0 aliphatic rings. The number of carboxylic acid groups (broad SMARTS) is 1. The number of nitrogens with one attached hydrogen (secondary N) is 1. The number of hydrogen-bond donors (Lipinski definition) is 2. The highest BCUT2D eigenvalue weighted by Gasteiger charge is 2.12. The SMILES string of the molecule is CC(Nc1ccc(F)c(C(=O)O)c1)c1cnccn1. The van der Waals surface area contributed by atoms with Crippen molar-refractivity contribution in [2.45, 2.75) is 13.0 Å². The minimum absolute atomic E-state index is 0.166. The number of anilines is 1. The number of aromatic carboxylic acids is 1. The first-order valence-electron chi connectivity index (χ1n) is 5.63. The molecule has 5 nitrogen and oxygen atoms in total. The summed E-state index contributed by atoms with van der Waals surface area (Å²) < 4.78 is 13.2. The molecule has 0 aliphatic carbocycles. The average Bonchev–Trinajstić information content (AvgIpc) is 2.41. The van der Waals surface area contributed by atoms with E-state index in [1.54, 1.807) is 18.6 Å². The number of nitrogens with zero attached hydrogens (tertiary/aromatic N) is 2. The lowest BCUT2D eigenvalue weighted by molar-refractivity contribution is 0.0692. The maximum Gasteiger partial charge on any atom is 0.338 e. The summed E-state index contributed by atoms with van der Waals surface area (Å²) in [6.45, 7) is 1.85. The van der Waals surface area contributed by atoms with Crippen LogP contribution in [0.15, 0.2) is 36.8 Å². The largest absolute Gasteiger partial charge is 0.478 e. The molecule has 1 aromatic heterocycles. The van der Waals surface area contributed by atoms with E-state index in [2.05, 4.69) is 15.3 Å². The van der Waals surface area contributed by atoms with Crippen molar-refractivity contribution >= 4 is 11.7 Å². The molecule has 0 saturated heterocycles. The highest BCUT2D eigenvalue weighted by atomic mass is 19.1. The Morgan fingerprint density at radius 3 is 2.84 bits per heavy atom. The Bertz CT molecular complexity index is 590. The third-order valence-corrected chi connectivity index (χ3v) is 2.61. The van der Waals surface area contributed by atoms with Gasteiger partial charge in [0.15, 0.2) is 0 Å². The maximum atomic E-state index is 13.2. The zero-order valence-electron chi connectivity index (χ0n) is 10.2. The first kappa shape index (κ1) is 12.9. The summed E-state index contributed by atoms with van der Waals surface area (Å²) in [7, 11) is 0. The van der Waals surface area contributed by atoms with Crippen molar-refractivity contribution < 1.29 is 14.3 Å². The van der Waals surface area contributed by atoms with Crippen LogP contribution < -0.4 is 5.32 Å². The van der Waals surface area contributed by atoms with Gasteiger partial charge in [-0.15, -0.1) is 0 Å². The molecule has 98 valence electrons. The summed E-state index contributed by atoms with van der Waals surface area (Å²) in [5.74, 6) is -2.06. The van der Waals surface area contributed by atoms with Gasteiger partial charge in [0, 0.05) is 18.1 Å².